The molecule has 0 unspecified atom stereocenters. The van der Waals surface area contributed by atoms with E-state index in [0.29, 0.717) is 0 Å². The lowest BCUT2D eigenvalue weighted by atomic mass is 9.74. The summed E-state index contributed by atoms with van der Waals surface area (Å²) < 4.78 is 0. The molecule has 2 heteroatoms. The predicted octanol–water partition coefficient (Wildman–Crippen LogP) is 10.1. The van der Waals surface area contributed by atoms with Crippen molar-refractivity contribution >= 4 is 5.97 Å². The second kappa shape index (κ2) is 21.7. The normalized spacial score (nSPS) is 11.8. The van der Waals surface area contributed by atoms with Crippen molar-refractivity contribution in [3.8, 4) is 0 Å². The number of hydrogen-bond acceptors (Lipinski definition) is 1. The maximum atomic E-state index is 12.4. The summed E-state index contributed by atoms with van der Waals surface area (Å²) in [6.45, 7) is 6.76. The van der Waals surface area contributed by atoms with Crippen molar-refractivity contribution in [1.29, 1.82) is 0 Å². The van der Waals surface area contributed by atoms with Crippen LogP contribution in [0.2, 0.25) is 0 Å². The fraction of sp³-hybridized carbons (Fsp3) is 0.964. The molecule has 1 N–H and O–H groups in total. The Hall–Kier alpha value is -0.530. The molecule has 0 saturated heterocycles. The Bertz CT molecular complexity index is 348. The highest BCUT2D eigenvalue weighted by Crippen LogP contribution is 2.38. The first-order valence-electron chi connectivity index (χ1n) is 13.9. The van der Waals surface area contributed by atoms with Gasteiger partial charge in [0.1, 0.15) is 0 Å². The Labute approximate surface area is 190 Å². The van der Waals surface area contributed by atoms with Gasteiger partial charge in [-0.2, -0.15) is 0 Å². The fourth-order valence-corrected chi connectivity index (χ4v) is 4.78. The molecule has 0 saturated carbocycles. The highest BCUT2D eigenvalue weighted by molar-refractivity contribution is 5.74. The van der Waals surface area contributed by atoms with Crippen LogP contribution in [-0.4, -0.2) is 11.1 Å². The van der Waals surface area contributed by atoms with Crippen molar-refractivity contribution < 1.29 is 9.90 Å². The largest absolute Gasteiger partial charge is 0.481 e. The minimum absolute atomic E-state index is 0.447. The van der Waals surface area contributed by atoms with E-state index in [2.05, 4.69) is 20.8 Å². The molecule has 180 valence electrons. The van der Waals surface area contributed by atoms with E-state index in [9.17, 15) is 9.90 Å². The topological polar surface area (TPSA) is 37.3 Å². The first-order chi connectivity index (χ1) is 14.6. The molecule has 0 radical (unpaired) electrons. The lowest BCUT2D eigenvalue weighted by Gasteiger charge is -2.30. The lowest BCUT2D eigenvalue weighted by Crippen LogP contribution is -2.31. The summed E-state index contributed by atoms with van der Waals surface area (Å²) in [5.41, 5.74) is -0.447. The molecule has 0 fully saturated rings. The summed E-state index contributed by atoms with van der Waals surface area (Å²) >= 11 is 0. The second-order valence-electron chi connectivity index (χ2n) is 9.85. The van der Waals surface area contributed by atoms with Gasteiger partial charge in [-0.1, -0.05) is 149 Å². The zero-order chi connectivity index (χ0) is 22.3. The van der Waals surface area contributed by atoms with Crippen molar-refractivity contribution in [3.63, 3.8) is 0 Å². The highest BCUT2D eigenvalue weighted by atomic mass is 16.4. The van der Waals surface area contributed by atoms with Gasteiger partial charge < -0.3 is 5.11 Å². The van der Waals surface area contributed by atoms with Crippen molar-refractivity contribution in [1.82, 2.24) is 0 Å². The minimum atomic E-state index is -0.507. The van der Waals surface area contributed by atoms with Crippen LogP contribution in [0.1, 0.15) is 168 Å². The van der Waals surface area contributed by atoms with E-state index in [4.69, 9.17) is 0 Å². The van der Waals surface area contributed by atoms with Crippen LogP contribution < -0.4 is 0 Å². The van der Waals surface area contributed by atoms with Crippen LogP contribution in [0.3, 0.4) is 0 Å². The molecule has 2 nitrogen and oxygen atoms in total. The average Bonchev–Trinajstić information content (AvgIpc) is 2.74. The van der Waals surface area contributed by atoms with E-state index in [-0.39, 0.29) is 0 Å². The van der Waals surface area contributed by atoms with Crippen molar-refractivity contribution in [2.75, 3.05) is 0 Å². The molecule has 0 aromatic carbocycles. The van der Waals surface area contributed by atoms with Crippen LogP contribution in [0, 0.1) is 5.41 Å². The second-order valence-corrected chi connectivity index (χ2v) is 9.85. The Morgan fingerprint density at radius 2 is 0.700 bits per heavy atom. The molecule has 0 aromatic heterocycles. The predicted molar refractivity (Wildman–Crippen MR) is 133 cm³/mol. The van der Waals surface area contributed by atoms with Gasteiger partial charge in [-0.3, -0.25) is 4.79 Å². The van der Waals surface area contributed by atoms with Crippen LogP contribution in [0.15, 0.2) is 0 Å². The zero-order valence-corrected chi connectivity index (χ0v) is 21.1. The summed E-state index contributed by atoms with van der Waals surface area (Å²) in [4.78, 5) is 12.4. The van der Waals surface area contributed by atoms with Crippen LogP contribution in [0.25, 0.3) is 0 Å². The van der Waals surface area contributed by atoms with Gasteiger partial charge >= 0.3 is 5.97 Å². The molecule has 30 heavy (non-hydrogen) atoms. The van der Waals surface area contributed by atoms with E-state index in [0.717, 1.165) is 38.5 Å². The molecule has 0 aliphatic heterocycles. The summed E-state index contributed by atoms with van der Waals surface area (Å²) in [7, 11) is 0. The van der Waals surface area contributed by atoms with Crippen LogP contribution in [0.4, 0.5) is 0 Å². The van der Waals surface area contributed by atoms with Gasteiger partial charge in [0.15, 0.2) is 0 Å². The SMILES string of the molecule is CCCCCCCCCCC(CCCCCCCC)(CCCCCCCC)C(=O)O. The van der Waals surface area contributed by atoms with Crippen LogP contribution in [0.5, 0.6) is 0 Å². The van der Waals surface area contributed by atoms with Crippen molar-refractivity contribution in [2.45, 2.75) is 168 Å². The number of aliphatic carboxylic acids is 1. The number of carbonyl (C=O) groups is 1. The fourth-order valence-electron chi connectivity index (χ4n) is 4.78. The molecule has 0 spiro atoms. The van der Waals surface area contributed by atoms with E-state index in [1.807, 2.05) is 0 Å². The van der Waals surface area contributed by atoms with Gasteiger partial charge in [0.2, 0.25) is 0 Å². The first kappa shape index (κ1) is 29.5. The highest BCUT2D eigenvalue weighted by Gasteiger charge is 2.36. The van der Waals surface area contributed by atoms with E-state index < -0.39 is 11.4 Å². The minimum Gasteiger partial charge on any atom is -0.481 e. The van der Waals surface area contributed by atoms with Gasteiger partial charge in [0.05, 0.1) is 5.41 Å². The molecule has 0 amide bonds. The smallest absolute Gasteiger partial charge is 0.309 e. The molecule has 0 aliphatic rings. The third-order valence-electron chi connectivity index (χ3n) is 6.98. The van der Waals surface area contributed by atoms with E-state index in [1.54, 1.807) is 0 Å². The summed E-state index contributed by atoms with van der Waals surface area (Å²) in [5.74, 6) is -0.507. The van der Waals surface area contributed by atoms with Gasteiger partial charge in [0.25, 0.3) is 0 Å². The quantitative estimate of drug-likeness (QED) is 0.156. The summed E-state index contributed by atoms with van der Waals surface area (Å²) in [6.07, 6.45) is 28.0. The maximum Gasteiger partial charge on any atom is 0.309 e. The summed E-state index contributed by atoms with van der Waals surface area (Å²) in [5, 5.41) is 10.2. The standard InChI is InChI=1S/C28H56O2/c1-4-7-10-13-16-17-20-23-26-28(27(29)30,24-21-18-14-11-8-5-2)25-22-19-15-12-9-6-3/h4-26H2,1-3H3,(H,29,30). The molecule has 0 aliphatic carbocycles. The number of rotatable bonds is 24. The number of carboxylic acid groups (broad SMARTS) is 1. The average molecular weight is 425 g/mol. The zero-order valence-electron chi connectivity index (χ0n) is 21.1. The molecule has 0 atom stereocenters. The molecule has 0 aromatic rings. The first-order valence-corrected chi connectivity index (χ1v) is 13.9. The Morgan fingerprint density at radius 1 is 0.467 bits per heavy atom. The maximum absolute atomic E-state index is 12.4. The van der Waals surface area contributed by atoms with Gasteiger partial charge in [-0.15, -0.1) is 0 Å². The van der Waals surface area contributed by atoms with Gasteiger partial charge in [0, 0.05) is 0 Å². The Balaban J connectivity index is 4.43. The lowest BCUT2D eigenvalue weighted by molar-refractivity contribution is -0.150. The summed E-state index contributed by atoms with van der Waals surface area (Å²) in [6, 6.07) is 0. The van der Waals surface area contributed by atoms with Crippen LogP contribution in [-0.2, 0) is 4.79 Å². The number of hydrogen-bond donors (Lipinski definition) is 1. The Kier molecular flexibility index (Phi) is 21.3. The van der Waals surface area contributed by atoms with Crippen molar-refractivity contribution in [2.24, 2.45) is 5.41 Å². The monoisotopic (exact) mass is 424 g/mol. The molecule has 0 rings (SSSR count). The van der Waals surface area contributed by atoms with Gasteiger partial charge in [-0.25, -0.2) is 0 Å². The van der Waals surface area contributed by atoms with E-state index >= 15 is 0 Å². The van der Waals surface area contributed by atoms with Crippen molar-refractivity contribution in [3.05, 3.63) is 0 Å². The molecular formula is C28H56O2. The Morgan fingerprint density at radius 3 is 0.933 bits per heavy atom. The molecule has 0 bridgehead atoms. The molecule has 0 heterocycles. The van der Waals surface area contributed by atoms with E-state index in [1.165, 1.54) is 109 Å². The number of carboxylic acids is 1. The van der Waals surface area contributed by atoms with Crippen LogP contribution >= 0.6 is 0 Å². The third kappa shape index (κ3) is 16.2. The molecular weight excluding hydrogens is 368 g/mol. The van der Waals surface area contributed by atoms with Gasteiger partial charge in [-0.05, 0) is 19.3 Å². The third-order valence-corrected chi connectivity index (χ3v) is 6.98. The number of unbranched alkanes of at least 4 members (excludes halogenated alkanes) is 17.